The summed E-state index contributed by atoms with van der Waals surface area (Å²) in [6.45, 7) is 0. The van der Waals surface area contributed by atoms with Crippen molar-refractivity contribution in [3.63, 3.8) is 0 Å². The maximum absolute atomic E-state index is 12.0. The van der Waals surface area contributed by atoms with Crippen molar-refractivity contribution in [2.24, 2.45) is 0 Å². The highest BCUT2D eigenvalue weighted by Crippen LogP contribution is 2.13. The number of pyridine rings is 2. The Hall–Kier alpha value is -2.43. The fourth-order valence-electron chi connectivity index (χ4n) is 1.57. The van der Waals surface area contributed by atoms with Crippen LogP contribution in [0.3, 0.4) is 0 Å². The number of carbonyl (C=O) groups excluding carboxylic acids is 1. The van der Waals surface area contributed by atoms with Gasteiger partial charge in [-0.1, -0.05) is 6.07 Å². The Morgan fingerprint density at radius 3 is 2.78 bits per heavy atom. The van der Waals surface area contributed by atoms with Gasteiger partial charge in [0.15, 0.2) is 5.78 Å². The van der Waals surface area contributed by atoms with Gasteiger partial charge in [-0.25, -0.2) is 9.97 Å². The molecular weight excluding hydrogens is 230 g/mol. The van der Waals surface area contributed by atoms with Crippen LogP contribution in [0.25, 0.3) is 0 Å². The molecular formula is C13H13N3O2. The van der Waals surface area contributed by atoms with Crippen molar-refractivity contribution in [1.82, 2.24) is 9.97 Å². The molecule has 5 nitrogen and oxygen atoms in total. The van der Waals surface area contributed by atoms with Crippen LogP contribution in [-0.4, -0.2) is 22.9 Å². The molecule has 0 aromatic carbocycles. The smallest absolute Gasteiger partial charge is 0.212 e. The Bertz CT molecular complexity index is 552. The standard InChI is InChI=1S/C13H13N3O2/c1-18-12-5-4-9(8-16-12)7-11(17)10-3-2-6-15-13(10)14/h2-6,8H,7H2,1H3,(H2,14,15). The van der Waals surface area contributed by atoms with Gasteiger partial charge in [0.1, 0.15) is 5.82 Å². The summed E-state index contributed by atoms with van der Waals surface area (Å²) >= 11 is 0. The number of methoxy groups -OCH3 is 1. The summed E-state index contributed by atoms with van der Waals surface area (Å²) in [6.07, 6.45) is 3.41. The molecule has 0 bridgehead atoms. The summed E-state index contributed by atoms with van der Waals surface area (Å²) in [4.78, 5) is 19.9. The average Bonchev–Trinajstić information content (AvgIpc) is 2.40. The van der Waals surface area contributed by atoms with Gasteiger partial charge in [0, 0.05) is 24.9 Å². The topological polar surface area (TPSA) is 78.1 Å². The number of hydrogen-bond donors (Lipinski definition) is 1. The van der Waals surface area contributed by atoms with E-state index in [1.165, 1.54) is 0 Å². The number of ketones is 1. The molecule has 0 radical (unpaired) electrons. The van der Waals surface area contributed by atoms with Gasteiger partial charge in [0.25, 0.3) is 0 Å². The number of anilines is 1. The second kappa shape index (κ2) is 5.27. The number of ether oxygens (including phenoxy) is 1. The molecule has 0 saturated heterocycles. The van der Waals surface area contributed by atoms with E-state index in [9.17, 15) is 4.79 Å². The Labute approximate surface area is 105 Å². The minimum absolute atomic E-state index is 0.0763. The summed E-state index contributed by atoms with van der Waals surface area (Å²) in [5.41, 5.74) is 6.90. The lowest BCUT2D eigenvalue weighted by Crippen LogP contribution is -2.08. The number of carbonyl (C=O) groups is 1. The van der Waals surface area contributed by atoms with Crippen molar-refractivity contribution in [3.05, 3.63) is 47.8 Å². The third kappa shape index (κ3) is 2.63. The molecule has 5 heteroatoms. The third-order valence-corrected chi connectivity index (χ3v) is 2.51. The largest absolute Gasteiger partial charge is 0.481 e. The van der Waals surface area contributed by atoms with Crippen LogP contribution in [0.4, 0.5) is 5.82 Å². The molecule has 0 fully saturated rings. The van der Waals surface area contributed by atoms with Crippen molar-refractivity contribution >= 4 is 11.6 Å². The SMILES string of the molecule is COc1ccc(CC(=O)c2cccnc2N)cn1. The van der Waals surface area contributed by atoms with E-state index in [0.717, 1.165) is 5.56 Å². The van der Waals surface area contributed by atoms with Gasteiger partial charge in [-0.05, 0) is 17.7 Å². The van der Waals surface area contributed by atoms with Crippen LogP contribution < -0.4 is 10.5 Å². The molecule has 0 aliphatic heterocycles. The van der Waals surface area contributed by atoms with E-state index in [2.05, 4.69) is 9.97 Å². The van der Waals surface area contributed by atoms with Crippen LogP contribution in [0.15, 0.2) is 36.7 Å². The van der Waals surface area contributed by atoms with Gasteiger partial charge in [0.05, 0.1) is 12.7 Å². The van der Waals surface area contributed by atoms with Gasteiger partial charge in [0.2, 0.25) is 5.88 Å². The van der Waals surface area contributed by atoms with Gasteiger partial charge < -0.3 is 10.5 Å². The molecule has 2 aromatic heterocycles. The highest BCUT2D eigenvalue weighted by atomic mass is 16.5. The molecule has 0 aliphatic carbocycles. The third-order valence-electron chi connectivity index (χ3n) is 2.51. The molecule has 0 atom stereocenters. The molecule has 0 spiro atoms. The summed E-state index contributed by atoms with van der Waals surface area (Å²) < 4.78 is 4.95. The number of nitrogen functional groups attached to an aromatic ring is 1. The molecule has 92 valence electrons. The van der Waals surface area contributed by atoms with Gasteiger partial charge in [-0.15, -0.1) is 0 Å². The minimum atomic E-state index is -0.0763. The first-order valence-electron chi connectivity index (χ1n) is 5.43. The molecule has 2 heterocycles. The lowest BCUT2D eigenvalue weighted by atomic mass is 10.1. The number of aromatic nitrogens is 2. The normalized spacial score (nSPS) is 10.1. The van der Waals surface area contributed by atoms with Crippen LogP contribution in [-0.2, 0) is 6.42 Å². The lowest BCUT2D eigenvalue weighted by Gasteiger charge is -2.04. The van der Waals surface area contributed by atoms with Crippen LogP contribution in [0.5, 0.6) is 5.88 Å². The highest BCUT2D eigenvalue weighted by molar-refractivity contribution is 6.01. The molecule has 2 N–H and O–H groups in total. The van der Waals surface area contributed by atoms with Crippen LogP contribution in [0.1, 0.15) is 15.9 Å². The van der Waals surface area contributed by atoms with Crippen molar-refractivity contribution in [3.8, 4) is 5.88 Å². The Kier molecular flexibility index (Phi) is 3.52. The first-order chi connectivity index (χ1) is 8.70. The van der Waals surface area contributed by atoms with E-state index in [4.69, 9.17) is 10.5 Å². The Morgan fingerprint density at radius 2 is 2.17 bits per heavy atom. The van der Waals surface area contributed by atoms with E-state index < -0.39 is 0 Å². The van der Waals surface area contributed by atoms with Crippen molar-refractivity contribution in [1.29, 1.82) is 0 Å². The molecule has 0 unspecified atom stereocenters. The highest BCUT2D eigenvalue weighted by Gasteiger charge is 2.11. The molecule has 0 aliphatic rings. The number of hydrogen-bond acceptors (Lipinski definition) is 5. The average molecular weight is 243 g/mol. The molecule has 18 heavy (non-hydrogen) atoms. The monoisotopic (exact) mass is 243 g/mol. The van der Waals surface area contributed by atoms with Crippen molar-refractivity contribution in [2.45, 2.75) is 6.42 Å². The minimum Gasteiger partial charge on any atom is -0.481 e. The fraction of sp³-hybridized carbons (Fsp3) is 0.154. The number of rotatable bonds is 4. The second-order valence-electron chi connectivity index (χ2n) is 3.74. The van der Waals surface area contributed by atoms with Crippen LogP contribution >= 0.6 is 0 Å². The quantitative estimate of drug-likeness (QED) is 0.823. The zero-order chi connectivity index (χ0) is 13.0. The molecule has 2 aromatic rings. The van der Waals surface area contributed by atoms with E-state index >= 15 is 0 Å². The summed E-state index contributed by atoms with van der Waals surface area (Å²) in [6, 6.07) is 6.88. The zero-order valence-corrected chi connectivity index (χ0v) is 9.96. The number of nitrogens with zero attached hydrogens (tertiary/aromatic N) is 2. The predicted molar refractivity (Wildman–Crippen MR) is 67.5 cm³/mol. The maximum atomic E-state index is 12.0. The fourth-order valence-corrected chi connectivity index (χ4v) is 1.57. The van der Waals surface area contributed by atoms with E-state index in [1.807, 2.05) is 0 Å². The molecule has 0 saturated carbocycles. The van der Waals surface area contributed by atoms with E-state index in [0.29, 0.717) is 11.4 Å². The summed E-state index contributed by atoms with van der Waals surface area (Å²) in [5.74, 6) is 0.698. The lowest BCUT2D eigenvalue weighted by molar-refractivity contribution is 0.0993. The van der Waals surface area contributed by atoms with Gasteiger partial charge in [-0.2, -0.15) is 0 Å². The van der Waals surface area contributed by atoms with E-state index in [1.54, 1.807) is 43.8 Å². The number of nitrogens with two attached hydrogens (primary N) is 1. The number of Topliss-reactive ketones (excluding diaryl/α,β-unsaturated/α-hetero) is 1. The van der Waals surface area contributed by atoms with Crippen LogP contribution in [0.2, 0.25) is 0 Å². The van der Waals surface area contributed by atoms with Crippen molar-refractivity contribution in [2.75, 3.05) is 12.8 Å². The zero-order valence-electron chi connectivity index (χ0n) is 9.96. The van der Waals surface area contributed by atoms with Crippen molar-refractivity contribution < 1.29 is 9.53 Å². The predicted octanol–water partition coefficient (Wildman–Crippen LogP) is 1.49. The maximum Gasteiger partial charge on any atom is 0.212 e. The molecule has 0 amide bonds. The first kappa shape index (κ1) is 12.0. The Morgan fingerprint density at radius 1 is 1.33 bits per heavy atom. The second-order valence-corrected chi connectivity index (χ2v) is 3.74. The Balaban J connectivity index is 2.14. The van der Waals surface area contributed by atoms with Gasteiger partial charge >= 0.3 is 0 Å². The van der Waals surface area contributed by atoms with E-state index in [-0.39, 0.29) is 18.0 Å². The van der Waals surface area contributed by atoms with Crippen LogP contribution in [0, 0.1) is 0 Å². The summed E-state index contributed by atoms with van der Waals surface area (Å²) in [5, 5.41) is 0. The first-order valence-corrected chi connectivity index (χ1v) is 5.43. The summed E-state index contributed by atoms with van der Waals surface area (Å²) in [7, 11) is 1.55. The molecule has 2 rings (SSSR count). The van der Waals surface area contributed by atoms with Gasteiger partial charge in [-0.3, -0.25) is 4.79 Å².